The molecule has 4 atom stereocenters. The van der Waals surface area contributed by atoms with E-state index in [-0.39, 0.29) is 23.7 Å². The minimum Gasteiger partial charge on any atom is -0.363 e. The van der Waals surface area contributed by atoms with Crippen molar-refractivity contribution in [3.8, 4) is 12.3 Å². The van der Waals surface area contributed by atoms with Gasteiger partial charge in [0.25, 0.3) is 5.91 Å². The number of rotatable bonds is 10. The Labute approximate surface area is 244 Å². The summed E-state index contributed by atoms with van der Waals surface area (Å²) in [6.45, 7) is 10.0. The molecule has 0 bridgehead atoms. The highest BCUT2D eigenvalue weighted by molar-refractivity contribution is 6.37. The molecule has 0 aromatic heterocycles. The molecular formula is C31H49N5O5. The molecule has 0 radical (unpaired) electrons. The van der Waals surface area contributed by atoms with E-state index in [1.807, 2.05) is 34.6 Å². The average Bonchev–Trinajstić information content (AvgIpc) is 3.34. The molecule has 0 spiro atoms. The fraction of sp³-hybridized carbons (Fsp3) is 0.774. The monoisotopic (exact) mass is 571 g/mol. The fourth-order valence-electron chi connectivity index (χ4n) is 6.24. The van der Waals surface area contributed by atoms with E-state index in [0.717, 1.165) is 38.5 Å². The second-order valence-corrected chi connectivity index (χ2v) is 13.8. The first kappa shape index (κ1) is 32.4. The van der Waals surface area contributed by atoms with Gasteiger partial charge >= 0.3 is 6.03 Å². The first-order valence-electron chi connectivity index (χ1n) is 15.2. The number of Topliss-reactive ketones (excluding diaryl/α,β-unsaturated/α-hetero) is 1. The molecule has 5 amide bonds. The van der Waals surface area contributed by atoms with Crippen molar-refractivity contribution < 1.29 is 24.0 Å². The predicted molar refractivity (Wildman–Crippen MR) is 156 cm³/mol. The predicted octanol–water partition coefficient (Wildman–Crippen LogP) is 2.64. The van der Waals surface area contributed by atoms with Crippen LogP contribution in [-0.2, 0) is 19.2 Å². The van der Waals surface area contributed by atoms with Crippen LogP contribution in [0.4, 0.5) is 4.79 Å². The van der Waals surface area contributed by atoms with Gasteiger partial charge in [-0.3, -0.25) is 19.2 Å². The van der Waals surface area contributed by atoms with E-state index in [2.05, 4.69) is 21.9 Å². The van der Waals surface area contributed by atoms with Crippen molar-refractivity contribution in [1.29, 1.82) is 0 Å². The summed E-state index contributed by atoms with van der Waals surface area (Å²) in [7, 11) is 0. The number of likely N-dealkylation sites (tertiary alicyclic amines) is 1. The van der Waals surface area contributed by atoms with E-state index in [0.29, 0.717) is 32.2 Å². The van der Waals surface area contributed by atoms with Crippen molar-refractivity contribution in [3.05, 3.63) is 0 Å². The lowest BCUT2D eigenvalue weighted by atomic mass is 9.80. The number of hydrogen-bond acceptors (Lipinski definition) is 5. The number of nitrogens with two attached hydrogens (primary N) is 1. The Morgan fingerprint density at radius 2 is 1.66 bits per heavy atom. The van der Waals surface area contributed by atoms with Crippen molar-refractivity contribution in [2.45, 2.75) is 122 Å². The zero-order valence-electron chi connectivity index (χ0n) is 25.4. The van der Waals surface area contributed by atoms with Crippen LogP contribution >= 0.6 is 0 Å². The van der Waals surface area contributed by atoms with Gasteiger partial charge in [0.15, 0.2) is 0 Å². The maximum Gasteiger partial charge on any atom is 0.316 e. The van der Waals surface area contributed by atoms with Crippen LogP contribution in [0.3, 0.4) is 0 Å². The summed E-state index contributed by atoms with van der Waals surface area (Å²) in [5.41, 5.74) is 3.88. The molecule has 1 unspecified atom stereocenters. The van der Waals surface area contributed by atoms with Crippen molar-refractivity contribution in [2.24, 2.45) is 28.9 Å². The Morgan fingerprint density at radius 1 is 1.02 bits per heavy atom. The second kappa shape index (κ2) is 13.3. The maximum absolute atomic E-state index is 14.1. The third-order valence-corrected chi connectivity index (χ3v) is 9.26. The van der Waals surface area contributed by atoms with Gasteiger partial charge in [0.1, 0.15) is 17.6 Å². The van der Waals surface area contributed by atoms with E-state index >= 15 is 0 Å². The molecule has 1 aliphatic heterocycles. The number of nitrogens with zero attached hydrogens (tertiary/aromatic N) is 1. The van der Waals surface area contributed by atoms with Gasteiger partial charge in [-0.2, -0.15) is 0 Å². The first-order valence-corrected chi connectivity index (χ1v) is 15.2. The van der Waals surface area contributed by atoms with Crippen molar-refractivity contribution in [3.63, 3.8) is 0 Å². The van der Waals surface area contributed by atoms with Gasteiger partial charge < -0.3 is 26.6 Å². The molecule has 0 aromatic carbocycles. The second-order valence-electron chi connectivity index (χ2n) is 13.8. The van der Waals surface area contributed by atoms with E-state index in [9.17, 15) is 24.0 Å². The van der Waals surface area contributed by atoms with Crippen LogP contribution in [0.2, 0.25) is 0 Å². The molecule has 2 aliphatic carbocycles. The van der Waals surface area contributed by atoms with E-state index < -0.39 is 52.7 Å². The third kappa shape index (κ3) is 8.02. The van der Waals surface area contributed by atoms with Crippen LogP contribution in [0, 0.1) is 35.5 Å². The number of amides is 5. The van der Waals surface area contributed by atoms with Crippen LogP contribution in [-0.4, -0.2) is 64.6 Å². The quantitative estimate of drug-likeness (QED) is 0.235. The number of primary amides is 1. The number of carbonyl (C=O) groups is 5. The summed E-state index contributed by atoms with van der Waals surface area (Å²) in [4.78, 5) is 66.9. The van der Waals surface area contributed by atoms with E-state index in [4.69, 9.17) is 12.2 Å². The van der Waals surface area contributed by atoms with Gasteiger partial charge in [0.2, 0.25) is 17.6 Å². The molecule has 10 heteroatoms. The molecule has 228 valence electrons. The fourth-order valence-corrected chi connectivity index (χ4v) is 6.24. The van der Waals surface area contributed by atoms with E-state index in [1.165, 1.54) is 4.90 Å². The molecule has 1 heterocycles. The van der Waals surface area contributed by atoms with Crippen LogP contribution < -0.4 is 21.7 Å². The Morgan fingerprint density at radius 3 is 2.15 bits per heavy atom. The van der Waals surface area contributed by atoms with E-state index in [1.54, 1.807) is 0 Å². The zero-order chi connectivity index (χ0) is 30.5. The number of ketones is 1. The highest BCUT2D eigenvalue weighted by Gasteiger charge is 2.46. The number of carbonyl (C=O) groups excluding carboxylic acids is 5. The Balaban J connectivity index is 1.81. The minimum atomic E-state index is -1.08. The number of nitrogens with one attached hydrogen (secondary N) is 3. The maximum atomic E-state index is 14.1. The van der Waals surface area contributed by atoms with Crippen molar-refractivity contribution in [1.82, 2.24) is 20.9 Å². The largest absolute Gasteiger partial charge is 0.363 e. The van der Waals surface area contributed by atoms with Gasteiger partial charge in [0, 0.05) is 6.54 Å². The van der Waals surface area contributed by atoms with Crippen molar-refractivity contribution in [2.75, 3.05) is 6.54 Å². The molecule has 0 aromatic rings. The third-order valence-electron chi connectivity index (χ3n) is 9.26. The summed E-state index contributed by atoms with van der Waals surface area (Å²) >= 11 is 0. The standard InChI is InChI=1S/C31H49N5O5/c1-7-31(14-9-8-10-15-31)35-29(41)34-25(30(4,5)6)28(40)36-18-21(19(2)3)17-23(36)27(39)33-22(24(37)26(32)38)16-20-12-11-13-20/h1,19-23,25H,8-18H2,2-6H3,(H2,32,38)(H,33,39)(H2,34,35,41)/t21-,22?,23+,25-/m1/s1. The van der Waals surface area contributed by atoms with Gasteiger partial charge in [-0.15, -0.1) is 6.42 Å². The number of urea groups is 1. The highest BCUT2D eigenvalue weighted by atomic mass is 16.2. The lowest BCUT2D eigenvalue weighted by molar-refractivity contribution is -0.143. The van der Waals surface area contributed by atoms with Crippen LogP contribution in [0.1, 0.15) is 98.8 Å². The van der Waals surface area contributed by atoms with Gasteiger partial charge in [-0.25, -0.2) is 4.79 Å². The topological polar surface area (TPSA) is 151 Å². The summed E-state index contributed by atoms with van der Waals surface area (Å²) < 4.78 is 0. The van der Waals surface area contributed by atoms with Crippen molar-refractivity contribution >= 4 is 29.5 Å². The lowest BCUT2D eigenvalue weighted by Crippen LogP contribution is -2.62. The highest BCUT2D eigenvalue weighted by Crippen LogP contribution is 2.34. The van der Waals surface area contributed by atoms with Gasteiger partial charge in [0.05, 0.1) is 6.04 Å². The summed E-state index contributed by atoms with van der Waals surface area (Å²) in [6, 6.07) is -3.30. The number of terminal acetylenes is 1. The average molecular weight is 572 g/mol. The normalized spacial score (nSPS) is 24.0. The first-order chi connectivity index (χ1) is 19.2. The molecule has 5 N–H and O–H groups in total. The molecule has 3 rings (SSSR count). The lowest BCUT2D eigenvalue weighted by Gasteiger charge is -2.38. The van der Waals surface area contributed by atoms with Gasteiger partial charge in [-0.1, -0.05) is 79.1 Å². The molecular weight excluding hydrogens is 522 g/mol. The van der Waals surface area contributed by atoms with Crippen LogP contribution in [0.25, 0.3) is 0 Å². The minimum absolute atomic E-state index is 0.0491. The summed E-state index contributed by atoms with van der Waals surface area (Å²) in [5, 5.41) is 8.59. The summed E-state index contributed by atoms with van der Waals surface area (Å²) in [6.07, 6.45) is 13.8. The van der Waals surface area contributed by atoms with Crippen LogP contribution in [0.5, 0.6) is 0 Å². The molecule has 2 saturated carbocycles. The Bertz CT molecular complexity index is 1050. The molecule has 10 nitrogen and oxygen atoms in total. The molecule has 1 saturated heterocycles. The van der Waals surface area contributed by atoms with Gasteiger partial charge in [-0.05, 0) is 48.9 Å². The zero-order valence-corrected chi connectivity index (χ0v) is 25.4. The smallest absolute Gasteiger partial charge is 0.316 e. The Hall–Kier alpha value is -3.09. The molecule has 3 fully saturated rings. The molecule has 3 aliphatic rings. The molecule has 41 heavy (non-hydrogen) atoms. The summed E-state index contributed by atoms with van der Waals surface area (Å²) in [5.74, 6) is 0.503. The number of hydrogen-bond donors (Lipinski definition) is 4. The Kier molecular flexibility index (Phi) is 10.5. The SMILES string of the molecule is C#CC1(NC(=O)N[C@H](C(=O)N2C[C@H](C(C)C)C[C@H]2C(=O)NC(CC2CCC2)C(=O)C(N)=O)C(C)(C)C)CCCCC1. The van der Waals surface area contributed by atoms with Crippen LogP contribution in [0.15, 0.2) is 0 Å².